The normalized spacial score (nSPS) is 14.7. The Labute approximate surface area is 205 Å². The number of halogens is 4. The first-order valence-corrected chi connectivity index (χ1v) is 13.0. The molecule has 1 aliphatic heterocycles. The predicted octanol–water partition coefficient (Wildman–Crippen LogP) is 4.68. The SMILES string of the molecule is O=S(=O)(CCCN1CCCC1)N(Cc1ccc(-c2nnc(C(F)F)o2)cn1)c1ccc(F)c(Cl)c1. The van der Waals surface area contributed by atoms with Gasteiger partial charge in [-0.1, -0.05) is 11.6 Å². The first kappa shape index (κ1) is 25.4. The number of rotatable bonds is 10. The second-order valence-electron chi connectivity index (χ2n) is 8.11. The molecule has 0 amide bonds. The van der Waals surface area contributed by atoms with Gasteiger partial charge in [-0.3, -0.25) is 9.29 Å². The van der Waals surface area contributed by atoms with Crippen molar-refractivity contribution in [3.8, 4) is 11.5 Å². The molecule has 2 aromatic heterocycles. The van der Waals surface area contributed by atoms with Crippen LogP contribution in [0.4, 0.5) is 18.9 Å². The second kappa shape index (κ2) is 10.9. The van der Waals surface area contributed by atoms with E-state index in [2.05, 4.69) is 20.1 Å². The number of alkyl halides is 2. The van der Waals surface area contributed by atoms with Crippen molar-refractivity contribution in [2.24, 2.45) is 0 Å². The minimum absolute atomic E-state index is 0.102. The molecule has 8 nitrogen and oxygen atoms in total. The van der Waals surface area contributed by atoms with Crippen LogP contribution < -0.4 is 4.31 Å². The van der Waals surface area contributed by atoms with Crippen molar-refractivity contribution in [3.05, 3.63) is 59.0 Å². The Bertz CT molecular complexity index is 1250. The molecule has 0 bridgehead atoms. The molecule has 13 heteroatoms. The van der Waals surface area contributed by atoms with Crippen LogP contribution in [-0.2, 0) is 16.6 Å². The molecule has 3 aromatic rings. The van der Waals surface area contributed by atoms with Crippen LogP contribution in [0.2, 0.25) is 5.02 Å². The largest absolute Gasteiger partial charge is 0.415 e. The summed E-state index contributed by atoms with van der Waals surface area (Å²) >= 11 is 5.92. The van der Waals surface area contributed by atoms with Crippen molar-refractivity contribution in [1.29, 1.82) is 0 Å². The highest BCUT2D eigenvalue weighted by molar-refractivity contribution is 7.92. The fourth-order valence-corrected chi connectivity index (χ4v) is 5.46. The van der Waals surface area contributed by atoms with Gasteiger partial charge in [0.25, 0.3) is 5.89 Å². The molecule has 1 aromatic carbocycles. The zero-order valence-corrected chi connectivity index (χ0v) is 20.2. The molecule has 0 unspecified atom stereocenters. The summed E-state index contributed by atoms with van der Waals surface area (Å²) < 4.78 is 71.8. The van der Waals surface area contributed by atoms with Gasteiger partial charge in [-0.05, 0) is 69.2 Å². The minimum atomic E-state index is -3.80. The molecule has 0 aliphatic carbocycles. The monoisotopic (exact) mass is 529 g/mol. The molecule has 0 spiro atoms. The number of sulfonamides is 1. The molecule has 1 fully saturated rings. The van der Waals surface area contributed by atoms with Crippen molar-refractivity contribution in [3.63, 3.8) is 0 Å². The van der Waals surface area contributed by atoms with Gasteiger partial charge >= 0.3 is 6.43 Å². The van der Waals surface area contributed by atoms with E-state index in [1.807, 2.05) is 0 Å². The van der Waals surface area contributed by atoms with E-state index in [4.69, 9.17) is 16.0 Å². The van der Waals surface area contributed by atoms with Crippen molar-refractivity contribution in [1.82, 2.24) is 20.1 Å². The van der Waals surface area contributed by atoms with Crippen molar-refractivity contribution >= 4 is 27.3 Å². The molecule has 188 valence electrons. The van der Waals surface area contributed by atoms with Gasteiger partial charge < -0.3 is 9.32 Å². The van der Waals surface area contributed by atoms with Gasteiger partial charge in [-0.25, -0.2) is 12.8 Å². The molecule has 0 N–H and O–H groups in total. The Morgan fingerprint density at radius 2 is 1.91 bits per heavy atom. The molecule has 0 radical (unpaired) electrons. The Balaban J connectivity index is 1.54. The third-order valence-electron chi connectivity index (χ3n) is 5.61. The molecule has 4 rings (SSSR count). The van der Waals surface area contributed by atoms with Crippen LogP contribution in [0.15, 0.2) is 40.9 Å². The lowest BCUT2D eigenvalue weighted by Crippen LogP contribution is -2.34. The van der Waals surface area contributed by atoms with Crippen molar-refractivity contribution in [2.45, 2.75) is 32.2 Å². The third kappa shape index (κ3) is 6.30. The van der Waals surface area contributed by atoms with Gasteiger partial charge in [-0.2, -0.15) is 8.78 Å². The second-order valence-corrected chi connectivity index (χ2v) is 10.5. The molecular weight excluding hydrogens is 507 g/mol. The molecule has 0 atom stereocenters. The maximum atomic E-state index is 13.7. The van der Waals surface area contributed by atoms with Crippen molar-refractivity contribution < 1.29 is 26.0 Å². The summed E-state index contributed by atoms with van der Waals surface area (Å²) in [5.41, 5.74) is 0.880. The zero-order valence-electron chi connectivity index (χ0n) is 18.6. The van der Waals surface area contributed by atoms with E-state index in [0.717, 1.165) is 36.3 Å². The summed E-state index contributed by atoms with van der Waals surface area (Å²) in [7, 11) is -3.80. The van der Waals surface area contributed by atoms with E-state index >= 15 is 0 Å². The number of hydrogen-bond donors (Lipinski definition) is 0. The Hall–Kier alpha value is -2.70. The van der Waals surface area contributed by atoms with E-state index in [9.17, 15) is 21.6 Å². The van der Waals surface area contributed by atoms with Gasteiger partial charge in [0.15, 0.2) is 0 Å². The highest BCUT2D eigenvalue weighted by atomic mass is 35.5. The third-order valence-corrected chi connectivity index (χ3v) is 7.71. The van der Waals surface area contributed by atoms with Crippen LogP contribution in [0.3, 0.4) is 0 Å². The zero-order chi connectivity index (χ0) is 25.0. The highest BCUT2D eigenvalue weighted by Gasteiger charge is 2.25. The van der Waals surface area contributed by atoms with Crippen LogP contribution >= 0.6 is 11.6 Å². The first-order valence-electron chi connectivity index (χ1n) is 11.0. The fourth-order valence-electron chi connectivity index (χ4n) is 3.81. The lowest BCUT2D eigenvalue weighted by Gasteiger charge is -2.25. The maximum Gasteiger partial charge on any atom is 0.314 e. The number of pyridine rings is 1. The van der Waals surface area contributed by atoms with Gasteiger partial charge in [0.2, 0.25) is 15.9 Å². The molecule has 3 heterocycles. The average Bonchev–Trinajstić information content (AvgIpc) is 3.52. The molecule has 35 heavy (non-hydrogen) atoms. The van der Waals surface area contributed by atoms with E-state index < -0.39 is 28.2 Å². The first-order chi connectivity index (χ1) is 16.7. The summed E-state index contributed by atoms with van der Waals surface area (Å²) in [4.78, 5) is 6.46. The number of nitrogens with zero attached hydrogens (tertiary/aromatic N) is 5. The topological polar surface area (TPSA) is 92.4 Å². The summed E-state index contributed by atoms with van der Waals surface area (Å²) in [6, 6.07) is 6.75. The molecular formula is C22H23ClF3N5O3S. The smallest absolute Gasteiger partial charge is 0.314 e. The van der Waals surface area contributed by atoms with Crippen LogP contribution in [0.25, 0.3) is 11.5 Å². The Morgan fingerprint density at radius 3 is 2.54 bits per heavy atom. The summed E-state index contributed by atoms with van der Waals surface area (Å²) in [5, 5.41) is 6.65. The van der Waals surface area contributed by atoms with E-state index in [-0.39, 0.29) is 28.9 Å². The lowest BCUT2D eigenvalue weighted by atomic mass is 10.2. The fraction of sp³-hybridized carbons (Fsp3) is 0.409. The number of likely N-dealkylation sites (tertiary alicyclic amines) is 1. The standard InChI is InChI=1S/C22H23ClF3N5O3S/c23-18-12-17(6-7-19(18)24)31(35(32,33)11-3-10-30-8-1-2-9-30)14-16-5-4-15(13-27-16)21-28-29-22(34-21)20(25)26/h4-7,12-13,20H,1-3,8-11,14H2. The number of anilines is 1. The van der Waals surface area contributed by atoms with Crippen molar-refractivity contribution in [2.75, 3.05) is 29.7 Å². The van der Waals surface area contributed by atoms with Gasteiger partial charge in [0, 0.05) is 6.20 Å². The van der Waals surface area contributed by atoms with Crippen LogP contribution in [0.5, 0.6) is 0 Å². The van der Waals surface area contributed by atoms with Crippen LogP contribution in [0.1, 0.15) is 37.3 Å². The average molecular weight is 530 g/mol. The lowest BCUT2D eigenvalue weighted by molar-refractivity contribution is 0.116. The summed E-state index contributed by atoms with van der Waals surface area (Å²) in [6.07, 6.45) is 1.11. The van der Waals surface area contributed by atoms with Gasteiger partial charge in [0.05, 0.1) is 34.3 Å². The van der Waals surface area contributed by atoms with E-state index in [0.29, 0.717) is 24.2 Å². The summed E-state index contributed by atoms with van der Waals surface area (Å²) in [5.74, 6) is -1.69. The molecule has 1 aliphatic rings. The minimum Gasteiger partial charge on any atom is -0.415 e. The molecule has 1 saturated heterocycles. The van der Waals surface area contributed by atoms with Gasteiger partial charge in [-0.15, -0.1) is 10.2 Å². The van der Waals surface area contributed by atoms with Crippen LogP contribution in [-0.4, -0.2) is 53.9 Å². The quantitative estimate of drug-likeness (QED) is 0.376. The number of hydrogen-bond acceptors (Lipinski definition) is 7. The van der Waals surface area contributed by atoms with E-state index in [1.54, 1.807) is 0 Å². The maximum absolute atomic E-state index is 13.7. The molecule has 0 saturated carbocycles. The van der Waals surface area contributed by atoms with Gasteiger partial charge in [0.1, 0.15) is 5.82 Å². The predicted molar refractivity (Wildman–Crippen MR) is 124 cm³/mol. The van der Waals surface area contributed by atoms with Crippen LogP contribution in [0, 0.1) is 5.82 Å². The number of aromatic nitrogens is 3. The Morgan fingerprint density at radius 1 is 1.14 bits per heavy atom. The summed E-state index contributed by atoms with van der Waals surface area (Å²) in [6.45, 7) is 2.47. The van der Waals surface area contributed by atoms with E-state index in [1.165, 1.54) is 30.5 Å². The number of benzene rings is 1. The highest BCUT2D eigenvalue weighted by Crippen LogP contribution is 2.28. The Kier molecular flexibility index (Phi) is 7.92.